The van der Waals surface area contributed by atoms with Gasteiger partial charge in [0.05, 0.1) is 5.92 Å². The molecule has 2 aromatic rings. The van der Waals surface area contributed by atoms with Crippen molar-refractivity contribution < 1.29 is 4.79 Å². The summed E-state index contributed by atoms with van der Waals surface area (Å²) in [5.74, 6) is 0.0208. The van der Waals surface area contributed by atoms with Gasteiger partial charge in [-0.1, -0.05) is 43.6 Å². The van der Waals surface area contributed by atoms with Gasteiger partial charge >= 0.3 is 0 Å². The fourth-order valence-corrected chi connectivity index (χ4v) is 2.90. The summed E-state index contributed by atoms with van der Waals surface area (Å²) < 4.78 is 0. The lowest BCUT2D eigenvalue weighted by Gasteiger charge is -2.21. The molecule has 22 heavy (non-hydrogen) atoms. The molecule has 0 saturated heterocycles. The molecule has 0 spiro atoms. The molecule has 0 aliphatic heterocycles. The number of hydrogen-bond donors (Lipinski definition) is 1. The molecule has 0 aliphatic carbocycles. The van der Waals surface area contributed by atoms with E-state index in [0.717, 1.165) is 22.4 Å². The fourth-order valence-electron chi connectivity index (χ4n) is 2.78. The van der Waals surface area contributed by atoms with Crippen molar-refractivity contribution in [3.8, 4) is 0 Å². The summed E-state index contributed by atoms with van der Waals surface area (Å²) in [7, 11) is 0. The average molecular weight is 316 g/mol. The maximum Gasteiger partial charge on any atom is 0.232 e. The molecule has 0 unspecified atom stereocenters. The Bertz CT molecular complexity index is 641. The van der Waals surface area contributed by atoms with E-state index in [0.29, 0.717) is 5.02 Å². The Morgan fingerprint density at radius 3 is 2.05 bits per heavy atom. The third kappa shape index (κ3) is 4.11. The summed E-state index contributed by atoms with van der Waals surface area (Å²) in [6.45, 7) is 8.17. The van der Waals surface area contributed by atoms with E-state index in [2.05, 4.69) is 25.2 Å². The maximum absolute atomic E-state index is 12.7. The molecule has 0 radical (unpaired) electrons. The van der Waals surface area contributed by atoms with Gasteiger partial charge in [-0.15, -0.1) is 0 Å². The lowest BCUT2D eigenvalue weighted by atomic mass is 9.87. The van der Waals surface area contributed by atoms with E-state index < -0.39 is 0 Å². The predicted octanol–water partition coefficient (Wildman–Crippen LogP) is 5.34. The second kappa shape index (κ2) is 6.97. The largest absolute Gasteiger partial charge is 0.326 e. The Labute approximate surface area is 137 Å². The Hall–Kier alpha value is -1.80. The maximum atomic E-state index is 12.7. The highest BCUT2D eigenvalue weighted by Crippen LogP contribution is 2.27. The summed E-state index contributed by atoms with van der Waals surface area (Å²) >= 11 is 5.94. The summed E-state index contributed by atoms with van der Waals surface area (Å²) in [6.07, 6.45) is 0. The van der Waals surface area contributed by atoms with Gasteiger partial charge in [0, 0.05) is 10.7 Å². The van der Waals surface area contributed by atoms with Crippen LogP contribution in [-0.4, -0.2) is 5.91 Å². The molecular weight excluding hydrogens is 294 g/mol. The van der Waals surface area contributed by atoms with Crippen LogP contribution in [0, 0.1) is 19.8 Å². The second-order valence-electron chi connectivity index (χ2n) is 6.14. The molecule has 1 N–H and O–H groups in total. The van der Waals surface area contributed by atoms with Crippen molar-refractivity contribution in [1.29, 1.82) is 0 Å². The average Bonchev–Trinajstić information content (AvgIpc) is 2.39. The van der Waals surface area contributed by atoms with Gasteiger partial charge in [0.15, 0.2) is 0 Å². The van der Waals surface area contributed by atoms with E-state index in [1.54, 1.807) is 0 Å². The van der Waals surface area contributed by atoms with E-state index in [4.69, 9.17) is 11.6 Å². The van der Waals surface area contributed by atoms with Gasteiger partial charge in [-0.05, 0) is 60.7 Å². The summed E-state index contributed by atoms with van der Waals surface area (Å²) in [4.78, 5) is 12.7. The minimum absolute atomic E-state index is 0.0160. The first-order chi connectivity index (χ1) is 10.4. The first kappa shape index (κ1) is 16.6. The van der Waals surface area contributed by atoms with Crippen LogP contribution in [-0.2, 0) is 4.79 Å². The molecule has 3 heteroatoms. The van der Waals surface area contributed by atoms with E-state index in [-0.39, 0.29) is 17.7 Å². The van der Waals surface area contributed by atoms with Crippen LogP contribution in [0.3, 0.4) is 0 Å². The molecule has 0 heterocycles. The molecule has 0 bridgehead atoms. The number of rotatable bonds is 4. The third-order valence-electron chi connectivity index (χ3n) is 3.67. The number of aryl methyl sites for hydroxylation is 2. The van der Waals surface area contributed by atoms with Gasteiger partial charge in [-0.25, -0.2) is 0 Å². The van der Waals surface area contributed by atoms with Crippen molar-refractivity contribution >= 4 is 23.2 Å². The van der Waals surface area contributed by atoms with Crippen molar-refractivity contribution in [3.63, 3.8) is 0 Å². The van der Waals surface area contributed by atoms with Gasteiger partial charge in [0.1, 0.15) is 0 Å². The Morgan fingerprint density at radius 2 is 1.55 bits per heavy atom. The Balaban J connectivity index is 2.25. The van der Waals surface area contributed by atoms with Gasteiger partial charge in [-0.2, -0.15) is 0 Å². The van der Waals surface area contributed by atoms with Crippen LogP contribution in [0.25, 0.3) is 0 Å². The molecular formula is C19H22ClNO. The SMILES string of the molecule is Cc1cc(C)cc(NC(=O)[C@H](c2ccc(Cl)cc2)C(C)C)c1. The first-order valence-electron chi connectivity index (χ1n) is 7.51. The van der Waals surface area contributed by atoms with E-state index >= 15 is 0 Å². The first-order valence-corrected chi connectivity index (χ1v) is 7.89. The zero-order valence-corrected chi connectivity index (χ0v) is 14.2. The lowest BCUT2D eigenvalue weighted by molar-refractivity contribution is -0.118. The molecule has 0 saturated carbocycles. The van der Waals surface area contributed by atoms with Crippen LogP contribution >= 0.6 is 11.6 Å². The summed E-state index contributed by atoms with van der Waals surface area (Å²) in [5.41, 5.74) is 4.12. The molecule has 0 aromatic heterocycles. The molecule has 2 rings (SSSR count). The van der Waals surface area contributed by atoms with Crippen molar-refractivity contribution in [2.24, 2.45) is 5.92 Å². The number of benzene rings is 2. The van der Waals surface area contributed by atoms with Crippen molar-refractivity contribution in [1.82, 2.24) is 0 Å². The highest BCUT2D eigenvalue weighted by atomic mass is 35.5. The van der Waals surface area contributed by atoms with Crippen molar-refractivity contribution in [2.45, 2.75) is 33.6 Å². The van der Waals surface area contributed by atoms with Gasteiger partial charge < -0.3 is 5.32 Å². The highest BCUT2D eigenvalue weighted by molar-refractivity contribution is 6.30. The molecule has 2 aromatic carbocycles. The number of anilines is 1. The number of nitrogens with one attached hydrogen (secondary N) is 1. The van der Waals surface area contributed by atoms with Gasteiger partial charge in [0.2, 0.25) is 5.91 Å². The molecule has 1 amide bonds. The number of amides is 1. The van der Waals surface area contributed by atoms with Crippen LogP contribution in [0.4, 0.5) is 5.69 Å². The second-order valence-corrected chi connectivity index (χ2v) is 6.58. The third-order valence-corrected chi connectivity index (χ3v) is 3.92. The molecule has 0 fully saturated rings. The van der Waals surface area contributed by atoms with E-state index in [1.165, 1.54) is 0 Å². The number of carbonyl (C=O) groups excluding carboxylic acids is 1. The zero-order chi connectivity index (χ0) is 16.3. The Morgan fingerprint density at radius 1 is 1.00 bits per heavy atom. The molecule has 1 atom stereocenters. The van der Waals surface area contributed by atoms with Crippen LogP contribution in [0.5, 0.6) is 0 Å². The predicted molar refractivity (Wildman–Crippen MR) is 93.6 cm³/mol. The standard InChI is InChI=1S/C19H22ClNO/c1-12(2)18(15-5-7-16(20)8-6-15)19(22)21-17-10-13(3)9-14(4)11-17/h5-12,18H,1-4H3,(H,21,22)/t18-/m0/s1. The minimum atomic E-state index is -0.196. The number of carbonyl (C=O) groups is 1. The topological polar surface area (TPSA) is 29.1 Å². The van der Waals surface area contributed by atoms with Gasteiger partial charge in [-0.3, -0.25) is 4.79 Å². The van der Waals surface area contributed by atoms with E-state index in [1.807, 2.05) is 50.2 Å². The summed E-state index contributed by atoms with van der Waals surface area (Å²) in [5, 5.41) is 3.73. The number of hydrogen-bond acceptors (Lipinski definition) is 1. The molecule has 0 aliphatic rings. The lowest BCUT2D eigenvalue weighted by Crippen LogP contribution is -2.25. The van der Waals surface area contributed by atoms with Gasteiger partial charge in [0.25, 0.3) is 0 Å². The van der Waals surface area contributed by atoms with Crippen LogP contribution in [0.2, 0.25) is 5.02 Å². The summed E-state index contributed by atoms with van der Waals surface area (Å²) in [6, 6.07) is 13.6. The molecule has 2 nitrogen and oxygen atoms in total. The quantitative estimate of drug-likeness (QED) is 0.811. The van der Waals surface area contributed by atoms with Crippen LogP contribution in [0.15, 0.2) is 42.5 Å². The molecule has 116 valence electrons. The smallest absolute Gasteiger partial charge is 0.232 e. The van der Waals surface area contributed by atoms with Crippen LogP contribution < -0.4 is 5.32 Å². The Kier molecular flexibility index (Phi) is 5.25. The highest BCUT2D eigenvalue weighted by Gasteiger charge is 2.24. The monoisotopic (exact) mass is 315 g/mol. The fraction of sp³-hybridized carbons (Fsp3) is 0.316. The number of halogens is 1. The van der Waals surface area contributed by atoms with Crippen molar-refractivity contribution in [2.75, 3.05) is 5.32 Å². The van der Waals surface area contributed by atoms with Crippen molar-refractivity contribution in [3.05, 3.63) is 64.2 Å². The van der Waals surface area contributed by atoms with E-state index in [9.17, 15) is 4.79 Å². The normalized spacial score (nSPS) is 12.3. The minimum Gasteiger partial charge on any atom is -0.326 e. The zero-order valence-electron chi connectivity index (χ0n) is 13.5. The van der Waals surface area contributed by atoms with Crippen LogP contribution in [0.1, 0.15) is 36.5 Å².